The van der Waals surface area contributed by atoms with Crippen LogP contribution in [0.15, 0.2) is 30.3 Å². The Hall–Kier alpha value is -2.34. The first-order chi connectivity index (χ1) is 12.0. The zero-order valence-corrected chi connectivity index (χ0v) is 15.8. The Balaban J connectivity index is 2.17. The lowest BCUT2D eigenvalue weighted by Gasteiger charge is -2.21. The highest BCUT2D eigenvalue weighted by atomic mass is 32.1. The Bertz CT molecular complexity index is 754. The average molecular weight is 361 g/mol. The molecule has 0 radical (unpaired) electrons. The summed E-state index contributed by atoms with van der Waals surface area (Å²) in [5.74, 6) is 1.24. The molecule has 0 unspecified atom stereocenters. The summed E-state index contributed by atoms with van der Waals surface area (Å²) >= 11 is 1.23. The first-order valence-corrected chi connectivity index (χ1v) is 9.01. The van der Waals surface area contributed by atoms with Crippen LogP contribution >= 0.6 is 11.3 Å². The van der Waals surface area contributed by atoms with Crippen molar-refractivity contribution >= 4 is 23.0 Å². The number of Topliss-reactive ketones (excluding diaryl/α,β-unsaturated/α-hetero) is 1. The van der Waals surface area contributed by atoms with E-state index in [1.54, 1.807) is 24.1 Å². The molecule has 1 aromatic carbocycles. The Labute approximate surface area is 152 Å². The summed E-state index contributed by atoms with van der Waals surface area (Å²) in [5.41, 5.74) is 0.957. The van der Waals surface area contributed by atoms with Gasteiger partial charge in [-0.1, -0.05) is 6.07 Å². The van der Waals surface area contributed by atoms with Gasteiger partial charge in [-0.05, 0) is 50.6 Å². The second kappa shape index (κ2) is 8.67. The molecule has 0 aliphatic heterocycles. The average Bonchev–Trinajstić information content (AvgIpc) is 3.10. The van der Waals surface area contributed by atoms with Crippen LogP contribution in [0.1, 0.15) is 45.7 Å². The van der Waals surface area contributed by atoms with E-state index in [-0.39, 0.29) is 11.7 Å². The highest BCUT2D eigenvalue weighted by molar-refractivity contribution is 7.15. The molecule has 2 rings (SSSR count). The molecule has 0 saturated heterocycles. The van der Waals surface area contributed by atoms with Crippen molar-refractivity contribution in [3.63, 3.8) is 0 Å². The molecule has 2 aromatic rings. The normalized spacial score (nSPS) is 10.4. The molecule has 0 fully saturated rings. The summed E-state index contributed by atoms with van der Waals surface area (Å²) in [5, 5.41) is 0. The predicted molar refractivity (Wildman–Crippen MR) is 98.9 cm³/mol. The Morgan fingerprint density at radius 2 is 1.80 bits per heavy atom. The van der Waals surface area contributed by atoms with E-state index < -0.39 is 0 Å². The summed E-state index contributed by atoms with van der Waals surface area (Å²) in [6, 6.07) is 9.09. The van der Waals surface area contributed by atoms with Gasteiger partial charge in [-0.15, -0.1) is 11.3 Å². The fourth-order valence-electron chi connectivity index (χ4n) is 2.43. The van der Waals surface area contributed by atoms with Crippen molar-refractivity contribution in [1.82, 2.24) is 4.90 Å². The molecule has 1 amide bonds. The van der Waals surface area contributed by atoms with Crippen molar-refractivity contribution in [2.75, 3.05) is 20.3 Å². The number of carbonyl (C=O) groups excluding carboxylic acids is 2. The lowest BCUT2D eigenvalue weighted by molar-refractivity contribution is 0.0757. The van der Waals surface area contributed by atoms with Crippen molar-refractivity contribution < 1.29 is 19.1 Å². The molecular weight excluding hydrogens is 338 g/mol. The largest absolute Gasteiger partial charge is 0.493 e. The summed E-state index contributed by atoms with van der Waals surface area (Å²) < 4.78 is 10.9. The molecule has 5 nitrogen and oxygen atoms in total. The maximum atomic E-state index is 12.7. The molecule has 0 spiro atoms. The number of ether oxygens (including phenoxy) is 2. The lowest BCUT2D eigenvalue weighted by Crippen LogP contribution is -2.29. The molecule has 134 valence electrons. The second-order valence-electron chi connectivity index (χ2n) is 5.46. The van der Waals surface area contributed by atoms with E-state index in [4.69, 9.17) is 9.47 Å². The van der Waals surface area contributed by atoms with Gasteiger partial charge in [0.1, 0.15) is 0 Å². The zero-order valence-electron chi connectivity index (χ0n) is 15.0. The number of hydrogen-bond acceptors (Lipinski definition) is 5. The fraction of sp³-hybridized carbons (Fsp3) is 0.368. The third-order valence-electron chi connectivity index (χ3n) is 3.73. The molecular formula is C19H23NO4S. The number of thiophene rings is 1. The molecule has 0 saturated carbocycles. The molecule has 0 bridgehead atoms. The number of nitrogens with zero attached hydrogens (tertiary/aromatic N) is 1. The van der Waals surface area contributed by atoms with Crippen molar-refractivity contribution in [2.45, 2.75) is 27.3 Å². The Kier molecular flexibility index (Phi) is 6.58. The van der Waals surface area contributed by atoms with E-state index in [9.17, 15) is 9.59 Å². The lowest BCUT2D eigenvalue weighted by atomic mass is 10.2. The smallest absolute Gasteiger partial charge is 0.264 e. The maximum absolute atomic E-state index is 12.7. The van der Waals surface area contributed by atoms with Crippen LogP contribution < -0.4 is 9.47 Å². The third-order valence-corrected chi connectivity index (χ3v) is 4.91. The van der Waals surface area contributed by atoms with Crippen LogP contribution in [0.25, 0.3) is 0 Å². The molecule has 1 heterocycles. The van der Waals surface area contributed by atoms with Gasteiger partial charge >= 0.3 is 0 Å². The number of methoxy groups -OCH3 is 1. The number of ketones is 1. The van der Waals surface area contributed by atoms with Crippen LogP contribution in [0, 0.1) is 0 Å². The first kappa shape index (κ1) is 19.0. The summed E-state index contributed by atoms with van der Waals surface area (Å²) in [6.07, 6.45) is 0. The van der Waals surface area contributed by atoms with Gasteiger partial charge in [-0.3, -0.25) is 9.59 Å². The minimum Gasteiger partial charge on any atom is -0.493 e. The number of benzene rings is 1. The van der Waals surface area contributed by atoms with E-state index in [2.05, 4.69) is 0 Å². The van der Waals surface area contributed by atoms with Crippen molar-refractivity contribution in [3.05, 3.63) is 45.6 Å². The molecule has 0 aliphatic carbocycles. The highest BCUT2D eigenvalue weighted by Gasteiger charge is 2.18. The van der Waals surface area contributed by atoms with Crippen LogP contribution in [0.3, 0.4) is 0 Å². The van der Waals surface area contributed by atoms with Crippen LogP contribution in [0.4, 0.5) is 0 Å². The summed E-state index contributed by atoms with van der Waals surface area (Å²) in [6.45, 7) is 6.95. The number of carbonyl (C=O) groups is 2. The number of amides is 1. The highest BCUT2D eigenvalue weighted by Crippen LogP contribution is 2.29. The van der Waals surface area contributed by atoms with Crippen LogP contribution in [0.5, 0.6) is 11.5 Å². The fourth-order valence-corrected chi connectivity index (χ4v) is 3.30. The second-order valence-corrected chi connectivity index (χ2v) is 6.54. The quantitative estimate of drug-likeness (QED) is 0.667. The number of rotatable bonds is 8. The first-order valence-electron chi connectivity index (χ1n) is 8.19. The Morgan fingerprint density at radius 1 is 1.08 bits per heavy atom. The van der Waals surface area contributed by atoms with E-state index >= 15 is 0 Å². The van der Waals surface area contributed by atoms with Crippen molar-refractivity contribution in [1.29, 1.82) is 0 Å². The molecule has 0 aliphatic rings. The standard InChI is InChI=1S/C19H23NO4S/c1-5-20(19(22)18-10-9-17(25-18)13(3)21)12-14-7-8-15(24-6-2)16(11-14)23-4/h7-11H,5-6,12H2,1-4H3. The molecule has 0 atom stereocenters. The van der Waals surface area contributed by atoms with Crippen LogP contribution in [0.2, 0.25) is 0 Å². The van der Waals surface area contributed by atoms with Gasteiger partial charge in [0.25, 0.3) is 5.91 Å². The van der Waals surface area contributed by atoms with E-state index in [0.29, 0.717) is 40.9 Å². The van der Waals surface area contributed by atoms with Gasteiger partial charge in [0.05, 0.1) is 23.5 Å². The SMILES string of the molecule is CCOc1ccc(CN(CC)C(=O)c2ccc(C(C)=O)s2)cc1OC. The minimum atomic E-state index is -0.0761. The van der Waals surface area contributed by atoms with Gasteiger partial charge in [0.15, 0.2) is 17.3 Å². The zero-order chi connectivity index (χ0) is 18.4. The van der Waals surface area contributed by atoms with Gasteiger partial charge in [0, 0.05) is 13.1 Å². The molecule has 1 aromatic heterocycles. The predicted octanol–water partition coefficient (Wildman–Crippen LogP) is 4.02. The molecule has 6 heteroatoms. The van der Waals surface area contributed by atoms with E-state index in [1.807, 2.05) is 32.0 Å². The van der Waals surface area contributed by atoms with E-state index in [1.165, 1.54) is 18.3 Å². The summed E-state index contributed by atoms with van der Waals surface area (Å²) in [7, 11) is 1.60. The van der Waals surface area contributed by atoms with Gasteiger partial charge in [-0.25, -0.2) is 0 Å². The monoisotopic (exact) mass is 361 g/mol. The van der Waals surface area contributed by atoms with Crippen LogP contribution in [-0.2, 0) is 6.54 Å². The number of hydrogen-bond donors (Lipinski definition) is 0. The van der Waals surface area contributed by atoms with Gasteiger partial charge in [-0.2, -0.15) is 0 Å². The molecule has 0 N–H and O–H groups in total. The van der Waals surface area contributed by atoms with Gasteiger partial charge < -0.3 is 14.4 Å². The van der Waals surface area contributed by atoms with Gasteiger partial charge in [0.2, 0.25) is 0 Å². The van der Waals surface area contributed by atoms with Crippen molar-refractivity contribution in [2.24, 2.45) is 0 Å². The topological polar surface area (TPSA) is 55.8 Å². The van der Waals surface area contributed by atoms with Crippen LogP contribution in [-0.4, -0.2) is 36.9 Å². The minimum absolute atomic E-state index is 0.0247. The summed E-state index contributed by atoms with van der Waals surface area (Å²) in [4.78, 5) is 27.1. The van der Waals surface area contributed by atoms with Crippen molar-refractivity contribution in [3.8, 4) is 11.5 Å². The third kappa shape index (κ3) is 4.60. The van der Waals surface area contributed by atoms with E-state index in [0.717, 1.165) is 5.56 Å². The maximum Gasteiger partial charge on any atom is 0.264 e. The molecule has 25 heavy (non-hydrogen) atoms. The Morgan fingerprint density at radius 3 is 2.36 bits per heavy atom.